The fraction of sp³-hybridized carbons (Fsp3) is 0.600. The zero-order chi connectivity index (χ0) is 13.4. The Morgan fingerprint density at radius 2 is 2.11 bits per heavy atom. The second-order valence-corrected chi connectivity index (χ2v) is 4.70. The zero-order valence-electron chi connectivity index (χ0n) is 12.1. The first-order valence-electron chi connectivity index (χ1n) is 6.69. The van der Waals surface area contributed by atoms with Crippen LogP contribution in [0.1, 0.15) is 24.5 Å². The molecule has 1 aromatic rings. The van der Waals surface area contributed by atoms with Crippen LogP contribution in [0.2, 0.25) is 0 Å². The molecule has 0 aliphatic heterocycles. The van der Waals surface area contributed by atoms with E-state index in [1.165, 1.54) is 23.2 Å². The van der Waals surface area contributed by atoms with Gasteiger partial charge in [-0.15, -0.1) is 0 Å². The summed E-state index contributed by atoms with van der Waals surface area (Å²) in [5.74, 6) is 0. The highest BCUT2D eigenvalue weighted by atomic mass is 16.5. The van der Waals surface area contributed by atoms with Gasteiger partial charge in [-0.1, -0.05) is 13.0 Å². The molecule has 1 aromatic carbocycles. The van der Waals surface area contributed by atoms with Crippen molar-refractivity contribution in [3.8, 4) is 0 Å². The molecule has 1 rings (SSSR count). The molecule has 0 unspecified atom stereocenters. The van der Waals surface area contributed by atoms with Gasteiger partial charge < -0.3 is 15.0 Å². The Bertz CT molecular complexity index is 352. The van der Waals surface area contributed by atoms with Gasteiger partial charge >= 0.3 is 0 Å². The molecule has 0 bridgehead atoms. The van der Waals surface area contributed by atoms with Crippen LogP contribution in [0.3, 0.4) is 0 Å². The average Bonchev–Trinajstić information content (AvgIpc) is 2.38. The minimum atomic E-state index is 0.759. The molecule has 0 fully saturated rings. The van der Waals surface area contributed by atoms with Crippen molar-refractivity contribution in [2.45, 2.75) is 26.8 Å². The zero-order valence-corrected chi connectivity index (χ0v) is 12.1. The lowest BCUT2D eigenvalue weighted by Gasteiger charge is -2.20. The normalized spacial score (nSPS) is 10.7. The number of hydrogen-bond donors (Lipinski definition) is 1. The second-order valence-electron chi connectivity index (χ2n) is 4.70. The van der Waals surface area contributed by atoms with E-state index >= 15 is 0 Å². The lowest BCUT2D eigenvalue weighted by Crippen LogP contribution is -2.22. The van der Waals surface area contributed by atoms with Crippen molar-refractivity contribution in [2.75, 3.05) is 38.8 Å². The third kappa shape index (κ3) is 4.67. The van der Waals surface area contributed by atoms with Gasteiger partial charge in [0.25, 0.3) is 0 Å². The predicted octanol–water partition coefficient (Wildman–Crippen LogP) is 2.58. The van der Waals surface area contributed by atoms with Crippen LogP contribution in [-0.4, -0.2) is 33.9 Å². The summed E-state index contributed by atoms with van der Waals surface area (Å²) in [5.41, 5.74) is 3.98. The van der Waals surface area contributed by atoms with Crippen molar-refractivity contribution < 1.29 is 4.74 Å². The number of rotatable bonds is 8. The predicted molar refractivity (Wildman–Crippen MR) is 78.3 cm³/mol. The average molecular weight is 250 g/mol. The fourth-order valence-electron chi connectivity index (χ4n) is 1.87. The van der Waals surface area contributed by atoms with Crippen molar-refractivity contribution in [3.63, 3.8) is 0 Å². The largest absolute Gasteiger partial charge is 0.383 e. The molecule has 0 aromatic heterocycles. The molecule has 0 atom stereocenters. The van der Waals surface area contributed by atoms with Crippen molar-refractivity contribution >= 4 is 5.69 Å². The maximum Gasteiger partial charge on any atom is 0.0637 e. The summed E-state index contributed by atoms with van der Waals surface area (Å²) < 4.78 is 5.10. The highest BCUT2D eigenvalue weighted by Gasteiger charge is 2.03. The summed E-state index contributed by atoms with van der Waals surface area (Å²) >= 11 is 0. The van der Waals surface area contributed by atoms with Crippen molar-refractivity contribution in [3.05, 3.63) is 29.3 Å². The molecule has 18 heavy (non-hydrogen) atoms. The Kier molecular flexibility index (Phi) is 6.76. The minimum absolute atomic E-state index is 0.759. The second kappa shape index (κ2) is 8.11. The van der Waals surface area contributed by atoms with Crippen LogP contribution in [0.15, 0.2) is 18.2 Å². The van der Waals surface area contributed by atoms with Gasteiger partial charge in [0.1, 0.15) is 0 Å². The number of benzene rings is 1. The Morgan fingerprint density at radius 3 is 2.72 bits per heavy atom. The van der Waals surface area contributed by atoms with Crippen LogP contribution in [0, 0.1) is 6.92 Å². The maximum atomic E-state index is 5.10. The molecular weight excluding hydrogens is 224 g/mol. The summed E-state index contributed by atoms with van der Waals surface area (Å²) in [6.07, 6.45) is 1.18. The molecule has 0 saturated heterocycles. The van der Waals surface area contributed by atoms with Gasteiger partial charge in [0.05, 0.1) is 6.61 Å². The van der Waals surface area contributed by atoms with E-state index in [2.05, 4.69) is 49.3 Å². The highest BCUT2D eigenvalue weighted by molar-refractivity contribution is 5.50. The number of aryl methyl sites for hydroxylation is 1. The number of nitrogens with zero attached hydrogens (tertiary/aromatic N) is 1. The van der Waals surface area contributed by atoms with Crippen LogP contribution in [0.5, 0.6) is 0 Å². The van der Waals surface area contributed by atoms with E-state index in [0.717, 1.165) is 26.2 Å². The molecule has 0 saturated carbocycles. The molecule has 102 valence electrons. The first kappa shape index (κ1) is 15.0. The van der Waals surface area contributed by atoms with Crippen LogP contribution in [-0.2, 0) is 11.3 Å². The van der Waals surface area contributed by atoms with Crippen LogP contribution in [0.25, 0.3) is 0 Å². The fourth-order valence-corrected chi connectivity index (χ4v) is 1.87. The Morgan fingerprint density at radius 1 is 1.33 bits per heavy atom. The topological polar surface area (TPSA) is 24.5 Å². The quantitative estimate of drug-likeness (QED) is 0.718. The van der Waals surface area contributed by atoms with E-state index < -0.39 is 0 Å². The number of likely N-dealkylation sites (N-methyl/N-ethyl adjacent to an activating group) is 1. The standard InChI is InChI=1S/C15H26N2O/c1-5-8-16-12-14-6-7-15(11-13(14)2)17(3)9-10-18-4/h6-7,11,16H,5,8-10,12H2,1-4H3. The highest BCUT2D eigenvalue weighted by Crippen LogP contribution is 2.18. The van der Waals surface area contributed by atoms with E-state index in [4.69, 9.17) is 4.74 Å². The third-order valence-electron chi connectivity index (χ3n) is 3.14. The Hall–Kier alpha value is -1.06. The molecule has 0 aliphatic carbocycles. The Balaban J connectivity index is 2.60. The molecule has 0 radical (unpaired) electrons. The number of ether oxygens (including phenoxy) is 1. The van der Waals surface area contributed by atoms with Crippen LogP contribution in [0.4, 0.5) is 5.69 Å². The SMILES string of the molecule is CCCNCc1ccc(N(C)CCOC)cc1C. The number of hydrogen-bond acceptors (Lipinski definition) is 3. The maximum absolute atomic E-state index is 5.10. The molecule has 3 heteroatoms. The molecule has 1 N–H and O–H groups in total. The van der Waals surface area contributed by atoms with Gasteiger partial charge in [0.2, 0.25) is 0 Å². The van der Waals surface area contributed by atoms with E-state index in [0.29, 0.717) is 0 Å². The van der Waals surface area contributed by atoms with Crippen molar-refractivity contribution in [2.24, 2.45) is 0 Å². The Labute approximate surface area is 111 Å². The van der Waals surface area contributed by atoms with Gasteiger partial charge in [-0.3, -0.25) is 0 Å². The number of nitrogens with one attached hydrogen (secondary N) is 1. The summed E-state index contributed by atoms with van der Waals surface area (Å²) in [6, 6.07) is 6.65. The third-order valence-corrected chi connectivity index (χ3v) is 3.14. The molecule has 0 aliphatic rings. The molecule has 0 spiro atoms. The van der Waals surface area contributed by atoms with E-state index in [1.807, 2.05) is 0 Å². The summed E-state index contributed by atoms with van der Waals surface area (Å²) in [6.45, 7) is 8.08. The number of methoxy groups -OCH3 is 1. The van der Waals surface area contributed by atoms with E-state index in [1.54, 1.807) is 7.11 Å². The first-order valence-corrected chi connectivity index (χ1v) is 6.69. The smallest absolute Gasteiger partial charge is 0.0637 e. The number of anilines is 1. The molecule has 0 amide bonds. The van der Waals surface area contributed by atoms with Gasteiger partial charge in [0, 0.05) is 32.9 Å². The van der Waals surface area contributed by atoms with Crippen LogP contribution < -0.4 is 10.2 Å². The van der Waals surface area contributed by atoms with E-state index in [-0.39, 0.29) is 0 Å². The molecule has 3 nitrogen and oxygen atoms in total. The minimum Gasteiger partial charge on any atom is -0.383 e. The van der Waals surface area contributed by atoms with Gasteiger partial charge in [-0.2, -0.15) is 0 Å². The first-order chi connectivity index (χ1) is 8.69. The van der Waals surface area contributed by atoms with Crippen molar-refractivity contribution in [1.82, 2.24) is 5.32 Å². The lowest BCUT2D eigenvalue weighted by molar-refractivity contribution is 0.206. The van der Waals surface area contributed by atoms with E-state index in [9.17, 15) is 0 Å². The summed E-state index contributed by atoms with van der Waals surface area (Å²) in [5, 5.41) is 3.44. The van der Waals surface area contributed by atoms with Crippen molar-refractivity contribution in [1.29, 1.82) is 0 Å². The van der Waals surface area contributed by atoms with Gasteiger partial charge in [-0.05, 0) is 43.1 Å². The molecular formula is C15H26N2O. The van der Waals surface area contributed by atoms with Gasteiger partial charge in [0.15, 0.2) is 0 Å². The summed E-state index contributed by atoms with van der Waals surface area (Å²) in [4.78, 5) is 2.22. The summed E-state index contributed by atoms with van der Waals surface area (Å²) in [7, 11) is 3.84. The monoisotopic (exact) mass is 250 g/mol. The lowest BCUT2D eigenvalue weighted by atomic mass is 10.1. The van der Waals surface area contributed by atoms with Crippen LogP contribution >= 0.6 is 0 Å². The molecule has 0 heterocycles. The van der Waals surface area contributed by atoms with Gasteiger partial charge in [-0.25, -0.2) is 0 Å².